The van der Waals surface area contributed by atoms with E-state index in [2.05, 4.69) is 0 Å². The molecule has 0 N–H and O–H groups in total. The van der Waals surface area contributed by atoms with Gasteiger partial charge in [0.25, 0.3) is 5.91 Å². The van der Waals surface area contributed by atoms with Crippen LogP contribution in [0, 0.1) is 5.82 Å². The number of nitrogens with zero attached hydrogens (tertiary/aromatic N) is 1. The zero-order valence-electron chi connectivity index (χ0n) is 10.1. The fraction of sp³-hybridized carbons (Fsp3) is 0.133. The van der Waals surface area contributed by atoms with E-state index >= 15 is 0 Å². The molecule has 0 heterocycles. The van der Waals surface area contributed by atoms with Crippen molar-refractivity contribution in [3.8, 4) is 0 Å². The van der Waals surface area contributed by atoms with E-state index < -0.39 is 5.82 Å². The van der Waals surface area contributed by atoms with Gasteiger partial charge in [0.05, 0.1) is 5.56 Å². The molecule has 0 fully saturated rings. The number of para-hydroxylation sites is 1. The number of hydrogen-bond donors (Lipinski definition) is 0. The molecule has 0 aliphatic carbocycles. The summed E-state index contributed by atoms with van der Waals surface area (Å²) in [6.45, 7) is 2.36. The number of halogens is 1. The lowest BCUT2D eigenvalue weighted by atomic mass is 10.1. The lowest BCUT2D eigenvalue weighted by Crippen LogP contribution is -2.31. The standard InChI is InChI=1S/C15H14FNO/c1-2-17(12-8-4-3-5-9-12)15(18)13-10-6-7-11-14(13)16/h3-11H,2H2,1H3. The lowest BCUT2D eigenvalue weighted by molar-refractivity contribution is 0.0984. The molecule has 2 aromatic carbocycles. The van der Waals surface area contributed by atoms with Gasteiger partial charge in [-0.1, -0.05) is 30.3 Å². The van der Waals surface area contributed by atoms with Crippen LogP contribution < -0.4 is 4.90 Å². The molecular weight excluding hydrogens is 229 g/mol. The Kier molecular flexibility index (Phi) is 3.72. The van der Waals surface area contributed by atoms with Crippen molar-refractivity contribution in [3.05, 3.63) is 66.0 Å². The normalized spacial score (nSPS) is 10.1. The average molecular weight is 243 g/mol. The molecule has 0 spiro atoms. The van der Waals surface area contributed by atoms with Crippen molar-refractivity contribution in [1.82, 2.24) is 0 Å². The third kappa shape index (κ3) is 2.40. The lowest BCUT2D eigenvalue weighted by Gasteiger charge is -2.21. The first-order valence-electron chi connectivity index (χ1n) is 5.85. The van der Waals surface area contributed by atoms with Crippen LogP contribution >= 0.6 is 0 Å². The Bertz CT molecular complexity index is 539. The summed E-state index contributed by atoms with van der Waals surface area (Å²) < 4.78 is 13.6. The number of benzene rings is 2. The molecule has 2 rings (SSSR count). The molecule has 0 aliphatic rings. The molecule has 0 bridgehead atoms. The van der Waals surface area contributed by atoms with Crippen LogP contribution in [0.4, 0.5) is 10.1 Å². The molecule has 0 saturated heterocycles. The van der Waals surface area contributed by atoms with E-state index in [9.17, 15) is 9.18 Å². The third-order valence-electron chi connectivity index (χ3n) is 2.73. The molecule has 92 valence electrons. The molecule has 1 amide bonds. The Morgan fingerprint density at radius 2 is 1.67 bits per heavy atom. The number of anilines is 1. The van der Waals surface area contributed by atoms with E-state index in [4.69, 9.17) is 0 Å². The molecule has 18 heavy (non-hydrogen) atoms. The molecule has 0 aromatic heterocycles. The van der Waals surface area contributed by atoms with Crippen molar-refractivity contribution in [2.45, 2.75) is 6.92 Å². The van der Waals surface area contributed by atoms with Crippen molar-refractivity contribution in [1.29, 1.82) is 0 Å². The van der Waals surface area contributed by atoms with E-state index in [1.165, 1.54) is 12.1 Å². The predicted molar refractivity (Wildman–Crippen MR) is 70.2 cm³/mol. The van der Waals surface area contributed by atoms with Gasteiger partial charge in [0.15, 0.2) is 0 Å². The second-order valence-electron chi connectivity index (χ2n) is 3.86. The highest BCUT2D eigenvalue weighted by atomic mass is 19.1. The molecule has 0 aliphatic heterocycles. The highest BCUT2D eigenvalue weighted by molar-refractivity contribution is 6.06. The summed E-state index contributed by atoms with van der Waals surface area (Å²) in [5.74, 6) is -0.807. The van der Waals surface area contributed by atoms with Gasteiger partial charge in [-0.2, -0.15) is 0 Å². The predicted octanol–water partition coefficient (Wildman–Crippen LogP) is 3.49. The Labute approximate surface area is 106 Å². The summed E-state index contributed by atoms with van der Waals surface area (Å²) in [5.41, 5.74) is 0.872. The van der Waals surface area contributed by atoms with Gasteiger partial charge >= 0.3 is 0 Å². The summed E-state index contributed by atoms with van der Waals surface area (Å²) in [6.07, 6.45) is 0. The van der Waals surface area contributed by atoms with Gasteiger partial charge in [0.2, 0.25) is 0 Å². The minimum absolute atomic E-state index is 0.100. The van der Waals surface area contributed by atoms with E-state index in [1.54, 1.807) is 17.0 Å². The van der Waals surface area contributed by atoms with Crippen LogP contribution in [0.3, 0.4) is 0 Å². The monoisotopic (exact) mass is 243 g/mol. The topological polar surface area (TPSA) is 20.3 Å². The van der Waals surface area contributed by atoms with Gasteiger partial charge in [0.1, 0.15) is 5.82 Å². The smallest absolute Gasteiger partial charge is 0.261 e. The fourth-order valence-corrected chi connectivity index (χ4v) is 1.83. The largest absolute Gasteiger partial charge is 0.309 e. The quantitative estimate of drug-likeness (QED) is 0.808. The molecule has 0 radical (unpaired) electrons. The number of carbonyl (C=O) groups is 1. The number of rotatable bonds is 3. The Morgan fingerprint density at radius 1 is 1.06 bits per heavy atom. The first-order valence-corrected chi connectivity index (χ1v) is 5.85. The number of carbonyl (C=O) groups excluding carboxylic acids is 1. The summed E-state index contributed by atoms with van der Waals surface area (Å²) in [4.78, 5) is 13.8. The summed E-state index contributed by atoms with van der Waals surface area (Å²) in [5, 5.41) is 0. The minimum atomic E-state index is -0.489. The van der Waals surface area contributed by atoms with Gasteiger partial charge in [-0.15, -0.1) is 0 Å². The maximum Gasteiger partial charge on any atom is 0.261 e. The van der Waals surface area contributed by atoms with Crippen molar-refractivity contribution < 1.29 is 9.18 Å². The Morgan fingerprint density at radius 3 is 2.28 bits per heavy atom. The highest BCUT2D eigenvalue weighted by Gasteiger charge is 2.18. The van der Waals surface area contributed by atoms with Crippen molar-refractivity contribution in [2.75, 3.05) is 11.4 Å². The van der Waals surface area contributed by atoms with E-state index in [1.807, 2.05) is 37.3 Å². The molecular formula is C15H14FNO. The Hall–Kier alpha value is -2.16. The van der Waals surface area contributed by atoms with Crippen molar-refractivity contribution in [2.24, 2.45) is 0 Å². The Balaban J connectivity index is 2.35. The number of hydrogen-bond acceptors (Lipinski definition) is 1. The van der Waals surface area contributed by atoms with Gasteiger partial charge in [0, 0.05) is 12.2 Å². The van der Waals surface area contributed by atoms with Crippen LogP contribution in [0.5, 0.6) is 0 Å². The maximum atomic E-state index is 13.6. The average Bonchev–Trinajstić information content (AvgIpc) is 2.41. The minimum Gasteiger partial charge on any atom is -0.309 e. The molecule has 0 unspecified atom stereocenters. The zero-order chi connectivity index (χ0) is 13.0. The van der Waals surface area contributed by atoms with Crippen LogP contribution in [0.15, 0.2) is 54.6 Å². The molecule has 2 aromatic rings. The summed E-state index contributed by atoms with van der Waals surface area (Å²) in [7, 11) is 0. The first kappa shape index (κ1) is 12.3. The van der Waals surface area contributed by atoms with Crippen LogP contribution in [0.25, 0.3) is 0 Å². The highest BCUT2D eigenvalue weighted by Crippen LogP contribution is 2.17. The van der Waals surface area contributed by atoms with E-state index in [0.717, 1.165) is 5.69 Å². The van der Waals surface area contributed by atoms with E-state index in [0.29, 0.717) is 6.54 Å². The first-order chi connectivity index (χ1) is 8.74. The van der Waals surface area contributed by atoms with Crippen LogP contribution in [-0.4, -0.2) is 12.5 Å². The second-order valence-corrected chi connectivity index (χ2v) is 3.86. The molecule has 0 saturated carbocycles. The third-order valence-corrected chi connectivity index (χ3v) is 2.73. The SMILES string of the molecule is CCN(C(=O)c1ccccc1F)c1ccccc1. The fourth-order valence-electron chi connectivity index (χ4n) is 1.83. The van der Waals surface area contributed by atoms with E-state index in [-0.39, 0.29) is 11.5 Å². The van der Waals surface area contributed by atoms with Crippen molar-refractivity contribution in [3.63, 3.8) is 0 Å². The molecule has 2 nitrogen and oxygen atoms in total. The number of amides is 1. The van der Waals surface area contributed by atoms with Crippen LogP contribution in [0.1, 0.15) is 17.3 Å². The van der Waals surface area contributed by atoms with Crippen LogP contribution in [0.2, 0.25) is 0 Å². The van der Waals surface area contributed by atoms with Gasteiger partial charge in [-0.3, -0.25) is 4.79 Å². The molecule has 3 heteroatoms. The summed E-state index contributed by atoms with van der Waals surface area (Å²) >= 11 is 0. The van der Waals surface area contributed by atoms with Crippen LogP contribution in [-0.2, 0) is 0 Å². The van der Waals surface area contributed by atoms with Gasteiger partial charge in [-0.05, 0) is 31.2 Å². The molecule has 0 atom stereocenters. The second kappa shape index (κ2) is 5.45. The maximum absolute atomic E-state index is 13.6. The van der Waals surface area contributed by atoms with Gasteiger partial charge in [-0.25, -0.2) is 4.39 Å². The summed E-state index contributed by atoms with van der Waals surface area (Å²) in [6, 6.07) is 15.3. The zero-order valence-corrected chi connectivity index (χ0v) is 10.1. The van der Waals surface area contributed by atoms with Crippen molar-refractivity contribution >= 4 is 11.6 Å². The van der Waals surface area contributed by atoms with Gasteiger partial charge < -0.3 is 4.90 Å².